The van der Waals surface area contributed by atoms with Crippen molar-refractivity contribution in [1.29, 1.82) is 0 Å². The monoisotopic (exact) mass is 359 g/mol. The predicted octanol–water partition coefficient (Wildman–Crippen LogP) is 4.56. The van der Waals surface area contributed by atoms with Crippen molar-refractivity contribution in [2.24, 2.45) is 0 Å². The van der Waals surface area contributed by atoms with E-state index in [-0.39, 0.29) is 5.95 Å². The van der Waals surface area contributed by atoms with Crippen molar-refractivity contribution in [3.8, 4) is 0 Å². The van der Waals surface area contributed by atoms with E-state index in [4.69, 9.17) is 34.8 Å². The summed E-state index contributed by atoms with van der Waals surface area (Å²) in [7, 11) is 0. The number of hydrogen-bond acceptors (Lipinski definition) is 4. The van der Waals surface area contributed by atoms with Crippen LogP contribution in [0.3, 0.4) is 0 Å². The molecule has 0 spiro atoms. The van der Waals surface area contributed by atoms with Crippen LogP contribution in [0.1, 0.15) is 31.0 Å². The van der Waals surface area contributed by atoms with Crippen molar-refractivity contribution >= 4 is 40.8 Å². The molecule has 7 heteroatoms. The Morgan fingerprint density at radius 3 is 2.50 bits per heavy atom. The average Bonchev–Trinajstić information content (AvgIpc) is 2.42. The van der Waals surface area contributed by atoms with Crippen LogP contribution in [0.25, 0.3) is 0 Å². The van der Waals surface area contributed by atoms with Crippen molar-refractivity contribution in [2.45, 2.75) is 32.4 Å². The van der Waals surface area contributed by atoms with Crippen LogP contribution in [0.15, 0.2) is 24.3 Å². The fraction of sp³-hybridized carbons (Fsp3) is 0.333. The average molecular weight is 361 g/mol. The first-order valence-electron chi connectivity index (χ1n) is 6.90. The first-order chi connectivity index (χ1) is 10.5. The van der Waals surface area contributed by atoms with Gasteiger partial charge in [-0.2, -0.15) is 0 Å². The second-order valence-electron chi connectivity index (χ2n) is 4.83. The van der Waals surface area contributed by atoms with E-state index >= 15 is 0 Å². The van der Waals surface area contributed by atoms with Gasteiger partial charge in [0, 0.05) is 16.5 Å². The summed E-state index contributed by atoms with van der Waals surface area (Å²) in [4.78, 5) is 8.41. The number of hydrogen-bond donors (Lipinski definition) is 2. The number of aliphatic hydroxyl groups excluding tert-OH is 1. The maximum atomic E-state index is 9.79. The van der Waals surface area contributed by atoms with Crippen LogP contribution in [0.5, 0.6) is 0 Å². The number of nitrogens with zero attached hydrogens (tertiary/aromatic N) is 2. The second-order valence-corrected chi connectivity index (χ2v) is 6.03. The lowest BCUT2D eigenvalue weighted by Gasteiger charge is -2.13. The summed E-state index contributed by atoms with van der Waals surface area (Å²) in [5, 5.41) is 14.0. The Labute approximate surface area is 144 Å². The topological polar surface area (TPSA) is 58.0 Å². The number of benzene rings is 1. The maximum Gasteiger partial charge on any atom is 0.226 e. The first-order valence-corrected chi connectivity index (χ1v) is 8.04. The molecule has 2 rings (SSSR count). The third kappa shape index (κ3) is 4.71. The van der Waals surface area contributed by atoms with Gasteiger partial charge in [-0.05, 0) is 30.2 Å². The molecular weight excluding hydrogens is 345 g/mol. The van der Waals surface area contributed by atoms with Crippen molar-refractivity contribution in [2.75, 3.05) is 5.32 Å². The lowest BCUT2D eigenvalue weighted by Crippen LogP contribution is -2.20. The Morgan fingerprint density at radius 2 is 1.86 bits per heavy atom. The zero-order valence-corrected chi connectivity index (χ0v) is 14.3. The summed E-state index contributed by atoms with van der Waals surface area (Å²) in [6.45, 7) is 1.98. The molecule has 0 saturated heterocycles. The number of rotatable bonds is 6. The molecule has 0 amide bonds. The van der Waals surface area contributed by atoms with Crippen LogP contribution in [0.2, 0.25) is 15.2 Å². The smallest absolute Gasteiger partial charge is 0.226 e. The molecule has 1 heterocycles. The molecule has 1 aromatic carbocycles. The number of anilines is 1. The summed E-state index contributed by atoms with van der Waals surface area (Å²) >= 11 is 18.4. The molecule has 0 bridgehead atoms. The minimum absolute atomic E-state index is 0.284. The van der Waals surface area contributed by atoms with E-state index in [9.17, 15) is 5.11 Å². The van der Waals surface area contributed by atoms with E-state index in [1.54, 1.807) is 24.3 Å². The number of aromatic nitrogens is 2. The van der Waals surface area contributed by atoms with Crippen LogP contribution < -0.4 is 5.32 Å². The predicted molar refractivity (Wildman–Crippen MR) is 90.8 cm³/mol. The third-order valence-electron chi connectivity index (χ3n) is 3.03. The van der Waals surface area contributed by atoms with E-state index in [0.717, 1.165) is 12.0 Å². The molecule has 0 fully saturated rings. The minimum Gasteiger partial charge on any atom is -0.374 e. The first kappa shape index (κ1) is 17.3. The lowest BCUT2D eigenvalue weighted by atomic mass is 10.1. The summed E-state index contributed by atoms with van der Waals surface area (Å²) in [6, 6.07) is 6.99. The van der Waals surface area contributed by atoms with Crippen LogP contribution in [-0.4, -0.2) is 21.3 Å². The van der Waals surface area contributed by atoms with Crippen molar-refractivity contribution in [1.82, 2.24) is 9.97 Å². The molecule has 2 aromatic rings. The van der Waals surface area contributed by atoms with Gasteiger partial charge >= 0.3 is 0 Å². The van der Waals surface area contributed by atoms with Crippen LogP contribution in [0, 0.1) is 0 Å². The summed E-state index contributed by atoms with van der Waals surface area (Å²) in [5.74, 6) is 0.284. The largest absolute Gasteiger partial charge is 0.374 e. The van der Waals surface area contributed by atoms with E-state index < -0.39 is 6.23 Å². The maximum absolute atomic E-state index is 9.79. The summed E-state index contributed by atoms with van der Waals surface area (Å²) in [6.07, 6.45) is 1.16. The van der Waals surface area contributed by atoms with E-state index in [1.165, 1.54) is 0 Å². The van der Waals surface area contributed by atoms with Crippen molar-refractivity contribution < 1.29 is 5.11 Å². The fourth-order valence-electron chi connectivity index (χ4n) is 2.00. The normalized spacial score (nSPS) is 12.2. The Bertz CT molecular complexity index is 632. The van der Waals surface area contributed by atoms with Gasteiger partial charge in [-0.3, -0.25) is 0 Å². The van der Waals surface area contributed by atoms with Crippen LogP contribution in [-0.2, 0) is 6.42 Å². The molecule has 1 unspecified atom stereocenters. The SMILES string of the molecule is CCCC(O)Nc1nc(Cl)cc(Cc2c(Cl)cccc2Cl)n1. The van der Waals surface area contributed by atoms with Crippen LogP contribution >= 0.6 is 34.8 Å². The molecule has 0 radical (unpaired) electrons. The fourth-order valence-corrected chi connectivity index (χ4v) is 2.73. The second kappa shape index (κ2) is 7.97. The van der Waals surface area contributed by atoms with Crippen molar-refractivity contribution in [3.63, 3.8) is 0 Å². The van der Waals surface area contributed by atoms with Gasteiger partial charge < -0.3 is 10.4 Å². The van der Waals surface area contributed by atoms with Crippen molar-refractivity contribution in [3.05, 3.63) is 50.7 Å². The molecule has 0 saturated carbocycles. The molecule has 4 nitrogen and oxygen atoms in total. The molecule has 0 aliphatic heterocycles. The van der Waals surface area contributed by atoms with E-state index in [0.29, 0.717) is 33.7 Å². The highest BCUT2D eigenvalue weighted by Gasteiger charge is 2.11. The highest BCUT2D eigenvalue weighted by molar-refractivity contribution is 6.36. The molecule has 2 N–H and O–H groups in total. The Balaban J connectivity index is 2.23. The summed E-state index contributed by atoms with van der Waals surface area (Å²) in [5.41, 5.74) is 1.45. The summed E-state index contributed by atoms with van der Waals surface area (Å²) < 4.78 is 0. The zero-order valence-electron chi connectivity index (χ0n) is 12.0. The zero-order chi connectivity index (χ0) is 16.1. The molecular formula is C15H16Cl3N3O. The molecule has 22 heavy (non-hydrogen) atoms. The standard InChI is InChI=1S/C15H16Cl3N3O/c1-2-4-14(22)21-15-19-9(8-13(18)20-15)7-10-11(16)5-3-6-12(10)17/h3,5-6,8,14,22H,2,4,7H2,1H3,(H,19,20,21). The molecule has 0 aliphatic carbocycles. The van der Waals surface area contributed by atoms with Crippen LogP contribution in [0.4, 0.5) is 5.95 Å². The molecule has 1 atom stereocenters. The van der Waals surface area contributed by atoms with Gasteiger partial charge in [0.1, 0.15) is 11.4 Å². The quantitative estimate of drug-likeness (QED) is 0.586. The van der Waals surface area contributed by atoms with Gasteiger partial charge in [0.15, 0.2) is 0 Å². The Morgan fingerprint density at radius 1 is 1.18 bits per heavy atom. The minimum atomic E-state index is -0.708. The molecule has 1 aromatic heterocycles. The lowest BCUT2D eigenvalue weighted by molar-refractivity contribution is 0.191. The van der Waals surface area contributed by atoms with Gasteiger partial charge in [0.05, 0.1) is 5.69 Å². The van der Waals surface area contributed by atoms with Gasteiger partial charge in [0.2, 0.25) is 5.95 Å². The molecule has 118 valence electrons. The highest BCUT2D eigenvalue weighted by Crippen LogP contribution is 2.27. The highest BCUT2D eigenvalue weighted by atomic mass is 35.5. The number of aliphatic hydroxyl groups is 1. The van der Waals surface area contributed by atoms with Gasteiger partial charge in [-0.1, -0.05) is 54.2 Å². The van der Waals surface area contributed by atoms with Gasteiger partial charge in [-0.25, -0.2) is 9.97 Å². The van der Waals surface area contributed by atoms with E-state index in [2.05, 4.69) is 15.3 Å². The Hall–Kier alpha value is -1.07. The number of nitrogens with one attached hydrogen (secondary N) is 1. The third-order valence-corrected chi connectivity index (χ3v) is 3.93. The Kier molecular flexibility index (Phi) is 6.26. The van der Waals surface area contributed by atoms with Gasteiger partial charge in [0.25, 0.3) is 0 Å². The molecule has 0 aliphatic rings. The number of halogens is 3. The van der Waals surface area contributed by atoms with Gasteiger partial charge in [-0.15, -0.1) is 0 Å². The van der Waals surface area contributed by atoms with E-state index in [1.807, 2.05) is 6.92 Å².